The van der Waals surface area contributed by atoms with Gasteiger partial charge in [-0.2, -0.15) is 0 Å². The zero-order chi connectivity index (χ0) is 13.8. The minimum absolute atomic E-state index is 0.0705. The minimum Gasteiger partial charge on any atom is -0.496 e. The van der Waals surface area contributed by atoms with Gasteiger partial charge in [0.25, 0.3) is 5.91 Å². The molecule has 0 aliphatic carbocycles. The maximum Gasteiger partial charge on any atom is 0.257 e. The van der Waals surface area contributed by atoms with Gasteiger partial charge in [-0.25, -0.2) is 0 Å². The van der Waals surface area contributed by atoms with Crippen LogP contribution in [0.4, 0.5) is 0 Å². The van der Waals surface area contributed by atoms with Crippen LogP contribution in [-0.2, 0) is 6.42 Å². The maximum absolute atomic E-state index is 12.7. The molecule has 1 aromatic rings. The fourth-order valence-corrected chi connectivity index (χ4v) is 2.44. The molecular formula is C15H22N2O2. The van der Waals surface area contributed by atoms with E-state index in [1.54, 1.807) is 7.11 Å². The molecule has 4 nitrogen and oxygen atoms in total. The summed E-state index contributed by atoms with van der Waals surface area (Å²) in [5, 5.41) is 3.30. The van der Waals surface area contributed by atoms with E-state index in [9.17, 15) is 4.79 Å². The molecule has 1 saturated heterocycles. The van der Waals surface area contributed by atoms with Crippen molar-refractivity contribution in [2.45, 2.75) is 26.3 Å². The van der Waals surface area contributed by atoms with Crippen molar-refractivity contribution in [2.75, 3.05) is 26.7 Å². The summed E-state index contributed by atoms with van der Waals surface area (Å²) in [4.78, 5) is 14.6. The first kappa shape index (κ1) is 13.9. The number of piperazine rings is 1. The second-order valence-corrected chi connectivity index (χ2v) is 4.94. The van der Waals surface area contributed by atoms with Crippen molar-refractivity contribution in [3.8, 4) is 5.75 Å². The number of nitrogens with zero attached hydrogens (tertiary/aromatic N) is 1. The van der Waals surface area contributed by atoms with Crippen molar-refractivity contribution in [3.05, 3.63) is 29.3 Å². The summed E-state index contributed by atoms with van der Waals surface area (Å²) in [5.74, 6) is 0.731. The van der Waals surface area contributed by atoms with Crippen LogP contribution in [0, 0.1) is 0 Å². The predicted molar refractivity (Wildman–Crippen MR) is 75.7 cm³/mol. The minimum atomic E-state index is 0.0705. The molecule has 0 radical (unpaired) electrons. The highest BCUT2D eigenvalue weighted by Crippen LogP contribution is 2.23. The Labute approximate surface area is 114 Å². The molecule has 1 heterocycles. The van der Waals surface area contributed by atoms with Gasteiger partial charge in [0.05, 0.1) is 12.7 Å². The third kappa shape index (κ3) is 2.89. The molecule has 1 atom stereocenters. The summed E-state index contributed by atoms with van der Waals surface area (Å²) in [6.45, 7) is 6.61. The molecule has 4 heteroatoms. The summed E-state index contributed by atoms with van der Waals surface area (Å²) in [7, 11) is 1.61. The zero-order valence-electron chi connectivity index (χ0n) is 11.9. The number of aryl methyl sites for hydroxylation is 1. The van der Waals surface area contributed by atoms with Gasteiger partial charge in [-0.3, -0.25) is 4.79 Å². The number of ether oxygens (including phenoxy) is 1. The molecule has 0 spiro atoms. The molecule has 1 N–H and O–H groups in total. The topological polar surface area (TPSA) is 41.6 Å². The average Bonchev–Trinajstić information content (AvgIpc) is 2.46. The Balaban J connectivity index is 2.30. The van der Waals surface area contributed by atoms with Crippen LogP contribution in [0.25, 0.3) is 0 Å². The number of carbonyl (C=O) groups excluding carboxylic acids is 1. The van der Waals surface area contributed by atoms with Crippen molar-refractivity contribution >= 4 is 5.91 Å². The molecule has 1 aliphatic heterocycles. The first-order valence-electron chi connectivity index (χ1n) is 6.86. The first-order valence-corrected chi connectivity index (χ1v) is 6.86. The molecule has 0 bridgehead atoms. The van der Waals surface area contributed by atoms with Gasteiger partial charge in [-0.1, -0.05) is 13.0 Å². The predicted octanol–water partition coefficient (Wildman–Crippen LogP) is 1.69. The van der Waals surface area contributed by atoms with Crippen LogP contribution in [0.1, 0.15) is 29.8 Å². The van der Waals surface area contributed by atoms with Crippen LogP contribution in [-0.4, -0.2) is 43.6 Å². The van der Waals surface area contributed by atoms with Crippen LogP contribution in [0.5, 0.6) is 5.75 Å². The van der Waals surface area contributed by atoms with Gasteiger partial charge in [0, 0.05) is 25.7 Å². The van der Waals surface area contributed by atoms with E-state index in [2.05, 4.69) is 19.2 Å². The number of nitrogens with one attached hydrogen (secondary N) is 1. The Kier molecular flexibility index (Phi) is 4.43. The fourth-order valence-electron chi connectivity index (χ4n) is 2.44. The SMILES string of the molecule is CCc1ccc(OC)c(C(=O)N2CCNCC2C)c1. The number of amides is 1. The Morgan fingerprint density at radius 3 is 2.95 bits per heavy atom. The third-order valence-corrected chi connectivity index (χ3v) is 3.66. The van der Waals surface area contributed by atoms with Crippen LogP contribution in [0.2, 0.25) is 0 Å². The van der Waals surface area contributed by atoms with Crippen LogP contribution in [0.15, 0.2) is 18.2 Å². The Morgan fingerprint density at radius 1 is 1.53 bits per heavy atom. The van der Waals surface area contributed by atoms with Crippen molar-refractivity contribution in [2.24, 2.45) is 0 Å². The third-order valence-electron chi connectivity index (χ3n) is 3.66. The van der Waals surface area contributed by atoms with Gasteiger partial charge in [0.2, 0.25) is 0 Å². The summed E-state index contributed by atoms with van der Waals surface area (Å²) >= 11 is 0. The molecule has 19 heavy (non-hydrogen) atoms. The average molecular weight is 262 g/mol. The monoisotopic (exact) mass is 262 g/mol. The highest BCUT2D eigenvalue weighted by Gasteiger charge is 2.26. The van der Waals surface area contributed by atoms with E-state index in [1.165, 1.54) is 0 Å². The second kappa shape index (κ2) is 6.06. The molecule has 0 saturated carbocycles. The van der Waals surface area contributed by atoms with Crippen molar-refractivity contribution in [1.82, 2.24) is 10.2 Å². The highest BCUT2D eigenvalue weighted by atomic mass is 16.5. The molecule has 1 aromatic carbocycles. The zero-order valence-corrected chi connectivity index (χ0v) is 11.9. The molecule has 0 aromatic heterocycles. The number of hydrogen-bond donors (Lipinski definition) is 1. The summed E-state index contributed by atoms with van der Waals surface area (Å²) in [6, 6.07) is 6.07. The van der Waals surface area contributed by atoms with E-state index in [4.69, 9.17) is 4.74 Å². The van der Waals surface area contributed by atoms with Crippen LogP contribution >= 0.6 is 0 Å². The van der Waals surface area contributed by atoms with Crippen LogP contribution < -0.4 is 10.1 Å². The number of carbonyl (C=O) groups is 1. The van der Waals surface area contributed by atoms with Gasteiger partial charge in [0.1, 0.15) is 5.75 Å². The maximum atomic E-state index is 12.7. The fraction of sp³-hybridized carbons (Fsp3) is 0.533. The molecule has 1 unspecified atom stereocenters. The molecule has 1 amide bonds. The van der Waals surface area contributed by atoms with E-state index in [1.807, 2.05) is 23.1 Å². The second-order valence-electron chi connectivity index (χ2n) is 4.94. The lowest BCUT2D eigenvalue weighted by atomic mass is 10.1. The number of rotatable bonds is 3. The van der Waals surface area contributed by atoms with E-state index in [0.717, 1.165) is 31.6 Å². The first-order chi connectivity index (χ1) is 9.17. The van der Waals surface area contributed by atoms with Gasteiger partial charge < -0.3 is 15.0 Å². The number of benzene rings is 1. The quantitative estimate of drug-likeness (QED) is 0.901. The van der Waals surface area contributed by atoms with Crippen molar-refractivity contribution < 1.29 is 9.53 Å². The smallest absolute Gasteiger partial charge is 0.257 e. The summed E-state index contributed by atoms with van der Waals surface area (Å²) in [6.07, 6.45) is 0.918. The normalized spacial score (nSPS) is 19.3. The molecule has 1 fully saturated rings. The van der Waals surface area contributed by atoms with Crippen LogP contribution in [0.3, 0.4) is 0 Å². The van der Waals surface area contributed by atoms with E-state index >= 15 is 0 Å². The molecule has 2 rings (SSSR count). The molecule has 104 valence electrons. The largest absolute Gasteiger partial charge is 0.496 e. The Bertz CT molecular complexity index is 459. The van der Waals surface area contributed by atoms with Gasteiger partial charge in [-0.05, 0) is 31.0 Å². The lowest BCUT2D eigenvalue weighted by Gasteiger charge is -2.34. The summed E-state index contributed by atoms with van der Waals surface area (Å²) in [5.41, 5.74) is 1.84. The Hall–Kier alpha value is -1.55. The number of hydrogen-bond acceptors (Lipinski definition) is 3. The lowest BCUT2D eigenvalue weighted by molar-refractivity contribution is 0.0652. The van der Waals surface area contributed by atoms with Crippen molar-refractivity contribution in [1.29, 1.82) is 0 Å². The number of methoxy groups -OCH3 is 1. The van der Waals surface area contributed by atoms with Gasteiger partial charge >= 0.3 is 0 Å². The van der Waals surface area contributed by atoms with Gasteiger partial charge in [-0.15, -0.1) is 0 Å². The van der Waals surface area contributed by atoms with E-state index in [-0.39, 0.29) is 11.9 Å². The molecule has 1 aliphatic rings. The van der Waals surface area contributed by atoms with Crippen molar-refractivity contribution in [3.63, 3.8) is 0 Å². The van der Waals surface area contributed by atoms with Gasteiger partial charge in [0.15, 0.2) is 0 Å². The van der Waals surface area contributed by atoms with E-state index < -0.39 is 0 Å². The highest BCUT2D eigenvalue weighted by molar-refractivity contribution is 5.97. The standard InChI is InChI=1S/C15H22N2O2/c1-4-12-5-6-14(19-3)13(9-12)15(18)17-8-7-16-10-11(17)2/h5-6,9,11,16H,4,7-8,10H2,1-3H3. The summed E-state index contributed by atoms with van der Waals surface area (Å²) < 4.78 is 5.33. The molecular weight excluding hydrogens is 240 g/mol. The lowest BCUT2D eigenvalue weighted by Crippen LogP contribution is -2.52. The van der Waals surface area contributed by atoms with E-state index in [0.29, 0.717) is 11.3 Å². The Morgan fingerprint density at radius 2 is 2.32 bits per heavy atom.